The Labute approximate surface area is 285 Å². The van der Waals surface area contributed by atoms with E-state index in [0.717, 1.165) is 40.8 Å². The Hall–Kier alpha value is -4.66. The number of benzene rings is 4. The summed E-state index contributed by atoms with van der Waals surface area (Å²) in [6.45, 7) is 8.50. The number of hydrogen-bond acceptors (Lipinski definition) is 6. The van der Waals surface area contributed by atoms with Gasteiger partial charge in [-0.2, -0.15) is 0 Å². The molecule has 2 atom stereocenters. The van der Waals surface area contributed by atoms with Crippen molar-refractivity contribution in [1.82, 2.24) is 15.5 Å². The third-order valence-corrected chi connectivity index (χ3v) is 8.06. The number of aliphatic hydroxyl groups excluding tert-OH is 1. The molecule has 0 spiro atoms. The number of carbonyl (C=O) groups is 2. The molecule has 0 saturated carbocycles. The van der Waals surface area contributed by atoms with Crippen LogP contribution >= 0.6 is 0 Å². The van der Waals surface area contributed by atoms with E-state index in [1.807, 2.05) is 111 Å². The Morgan fingerprint density at radius 2 is 1.44 bits per heavy atom. The van der Waals surface area contributed by atoms with Gasteiger partial charge in [-0.25, -0.2) is 0 Å². The molecule has 0 bridgehead atoms. The summed E-state index contributed by atoms with van der Waals surface area (Å²) in [5.41, 5.74) is 4.68. The van der Waals surface area contributed by atoms with E-state index in [2.05, 4.69) is 10.6 Å². The standard InChI is InChI=1S/C40H49N3O5/c1-5-18-43(19-6-2)40(46)34-21-29(3)20-33(25-34)39(45)42-37(38(44)27-41-26-32-15-11-16-35(23-32)47-4)24-31-14-10-17-36(22-31)48-28-30-12-8-7-9-13-30/h7-17,20-23,25,37-38,41,44H,5-6,18-19,24,26-28H2,1-4H3,(H,42,45)/t37-,38+/m0/s1. The molecule has 4 aromatic rings. The fraction of sp³-hybridized carbons (Fsp3) is 0.350. The average Bonchev–Trinajstić information content (AvgIpc) is 3.10. The largest absolute Gasteiger partial charge is 0.497 e. The van der Waals surface area contributed by atoms with E-state index in [0.29, 0.717) is 49.5 Å². The second kappa shape index (κ2) is 18.6. The molecule has 2 amide bonds. The molecular weight excluding hydrogens is 602 g/mol. The van der Waals surface area contributed by atoms with Crippen LogP contribution in [0.25, 0.3) is 0 Å². The normalized spacial score (nSPS) is 12.2. The fourth-order valence-electron chi connectivity index (χ4n) is 5.66. The van der Waals surface area contributed by atoms with Crippen molar-refractivity contribution in [2.45, 2.75) is 65.3 Å². The highest BCUT2D eigenvalue weighted by Gasteiger charge is 2.24. The third kappa shape index (κ3) is 11.0. The number of nitrogens with zero attached hydrogens (tertiary/aromatic N) is 1. The van der Waals surface area contributed by atoms with Crippen molar-refractivity contribution >= 4 is 11.8 Å². The molecule has 0 aliphatic heterocycles. The number of carbonyl (C=O) groups excluding carboxylic acids is 2. The molecule has 4 aromatic carbocycles. The quantitative estimate of drug-likeness (QED) is 0.116. The van der Waals surface area contributed by atoms with Crippen LogP contribution in [0.2, 0.25) is 0 Å². The molecule has 0 aromatic heterocycles. The lowest BCUT2D eigenvalue weighted by atomic mass is 9.99. The van der Waals surface area contributed by atoms with Gasteiger partial charge in [-0.1, -0.05) is 68.4 Å². The predicted molar refractivity (Wildman–Crippen MR) is 191 cm³/mol. The number of methoxy groups -OCH3 is 1. The van der Waals surface area contributed by atoms with Gasteiger partial charge in [0.1, 0.15) is 18.1 Å². The summed E-state index contributed by atoms with van der Waals surface area (Å²) >= 11 is 0. The summed E-state index contributed by atoms with van der Waals surface area (Å²) in [7, 11) is 1.63. The minimum absolute atomic E-state index is 0.0814. The molecule has 3 N–H and O–H groups in total. The van der Waals surface area contributed by atoms with Crippen molar-refractivity contribution in [3.05, 3.63) is 130 Å². The Balaban J connectivity index is 1.52. The van der Waals surface area contributed by atoms with Crippen molar-refractivity contribution in [1.29, 1.82) is 0 Å². The van der Waals surface area contributed by atoms with Gasteiger partial charge in [0.05, 0.1) is 19.3 Å². The molecule has 0 aliphatic carbocycles. The van der Waals surface area contributed by atoms with Gasteiger partial charge >= 0.3 is 0 Å². The van der Waals surface area contributed by atoms with E-state index in [1.165, 1.54) is 0 Å². The molecule has 0 saturated heterocycles. The molecule has 0 aliphatic rings. The van der Waals surface area contributed by atoms with Crippen LogP contribution in [0, 0.1) is 6.92 Å². The molecule has 4 rings (SSSR count). The van der Waals surface area contributed by atoms with Crippen molar-refractivity contribution < 1.29 is 24.2 Å². The summed E-state index contributed by atoms with van der Waals surface area (Å²) in [4.78, 5) is 29.0. The van der Waals surface area contributed by atoms with Crippen LogP contribution in [0.1, 0.15) is 69.7 Å². The smallest absolute Gasteiger partial charge is 0.253 e. The van der Waals surface area contributed by atoms with Gasteiger partial charge < -0.3 is 30.1 Å². The summed E-state index contributed by atoms with van der Waals surface area (Å²) in [6.07, 6.45) is 1.17. The van der Waals surface area contributed by atoms with Gasteiger partial charge in [0.25, 0.3) is 11.8 Å². The molecule has 0 heterocycles. The number of rotatable bonds is 18. The van der Waals surface area contributed by atoms with Gasteiger partial charge in [0.15, 0.2) is 0 Å². The van der Waals surface area contributed by atoms with Crippen LogP contribution in [0.3, 0.4) is 0 Å². The van der Waals surface area contributed by atoms with Gasteiger partial charge in [0, 0.05) is 37.3 Å². The number of amides is 2. The summed E-state index contributed by atoms with van der Waals surface area (Å²) in [5.74, 6) is 1.04. The van der Waals surface area contributed by atoms with Crippen molar-refractivity contribution in [2.75, 3.05) is 26.7 Å². The highest BCUT2D eigenvalue weighted by Crippen LogP contribution is 2.19. The van der Waals surface area contributed by atoms with E-state index in [1.54, 1.807) is 19.2 Å². The second-order valence-corrected chi connectivity index (χ2v) is 12.1. The first-order chi connectivity index (χ1) is 23.3. The van der Waals surface area contributed by atoms with E-state index < -0.39 is 12.1 Å². The molecule has 0 radical (unpaired) electrons. The van der Waals surface area contributed by atoms with E-state index in [9.17, 15) is 14.7 Å². The number of aryl methyl sites for hydroxylation is 1. The lowest BCUT2D eigenvalue weighted by Crippen LogP contribution is -2.48. The first-order valence-electron chi connectivity index (χ1n) is 16.8. The van der Waals surface area contributed by atoms with Crippen molar-refractivity contribution in [3.8, 4) is 11.5 Å². The zero-order valence-corrected chi connectivity index (χ0v) is 28.6. The van der Waals surface area contributed by atoms with Crippen LogP contribution in [-0.4, -0.2) is 60.7 Å². The first-order valence-corrected chi connectivity index (χ1v) is 16.8. The minimum Gasteiger partial charge on any atom is -0.497 e. The Morgan fingerprint density at radius 1 is 0.792 bits per heavy atom. The SMILES string of the molecule is CCCN(CCC)C(=O)c1cc(C)cc(C(=O)N[C@@H](Cc2cccc(OCc3ccccc3)c2)[C@H](O)CNCc2cccc(OC)c2)c1. The monoisotopic (exact) mass is 651 g/mol. The van der Waals surface area contributed by atoms with Crippen LogP contribution in [0.15, 0.2) is 97.1 Å². The fourth-order valence-corrected chi connectivity index (χ4v) is 5.66. The zero-order valence-electron chi connectivity index (χ0n) is 28.6. The number of aliphatic hydroxyl groups is 1. The molecular formula is C40H49N3O5. The van der Waals surface area contributed by atoms with Gasteiger partial charge in [0.2, 0.25) is 0 Å². The molecule has 254 valence electrons. The van der Waals surface area contributed by atoms with Crippen molar-refractivity contribution in [2.24, 2.45) is 0 Å². The van der Waals surface area contributed by atoms with E-state index in [4.69, 9.17) is 9.47 Å². The maximum atomic E-state index is 13.8. The van der Waals surface area contributed by atoms with Crippen molar-refractivity contribution in [3.63, 3.8) is 0 Å². The molecule has 48 heavy (non-hydrogen) atoms. The predicted octanol–water partition coefficient (Wildman–Crippen LogP) is 6.34. The highest BCUT2D eigenvalue weighted by molar-refractivity contribution is 6.00. The maximum Gasteiger partial charge on any atom is 0.253 e. The lowest BCUT2D eigenvalue weighted by Gasteiger charge is -2.26. The number of nitrogens with one attached hydrogen (secondary N) is 2. The summed E-state index contributed by atoms with van der Waals surface area (Å²) in [6, 6.07) is 30.0. The lowest BCUT2D eigenvalue weighted by molar-refractivity contribution is 0.0755. The van der Waals surface area contributed by atoms with Gasteiger partial charge in [-0.05, 0) is 90.9 Å². The number of ether oxygens (including phenoxy) is 2. The Morgan fingerprint density at radius 3 is 2.15 bits per heavy atom. The minimum atomic E-state index is -0.913. The molecule has 0 unspecified atom stereocenters. The van der Waals surface area contributed by atoms with E-state index >= 15 is 0 Å². The Kier molecular flexibility index (Phi) is 14.0. The average molecular weight is 652 g/mol. The van der Waals surface area contributed by atoms with Crippen LogP contribution in [0.4, 0.5) is 0 Å². The second-order valence-electron chi connectivity index (χ2n) is 12.1. The first kappa shape index (κ1) is 36.2. The molecule has 8 heteroatoms. The molecule has 8 nitrogen and oxygen atoms in total. The van der Waals surface area contributed by atoms with Crippen LogP contribution in [0.5, 0.6) is 11.5 Å². The van der Waals surface area contributed by atoms with Gasteiger partial charge in [-0.15, -0.1) is 0 Å². The van der Waals surface area contributed by atoms with Crippen LogP contribution < -0.4 is 20.1 Å². The Bertz CT molecular complexity index is 1600. The summed E-state index contributed by atoms with van der Waals surface area (Å²) < 4.78 is 11.4. The van der Waals surface area contributed by atoms with E-state index in [-0.39, 0.29) is 18.4 Å². The zero-order chi connectivity index (χ0) is 34.3. The third-order valence-electron chi connectivity index (χ3n) is 8.06. The molecule has 0 fully saturated rings. The van der Waals surface area contributed by atoms with Gasteiger partial charge in [-0.3, -0.25) is 9.59 Å². The number of hydrogen-bond donors (Lipinski definition) is 3. The maximum absolute atomic E-state index is 13.8. The van der Waals surface area contributed by atoms with Crippen LogP contribution in [-0.2, 0) is 19.6 Å². The topological polar surface area (TPSA) is 100 Å². The summed E-state index contributed by atoms with van der Waals surface area (Å²) in [5, 5.41) is 17.9. The highest BCUT2D eigenvalue weighted by atomic mass is 16.5.